The van der Waals surface area contributed by atoms with Crippen molar-refractivity contribution in [3.8, 4) is 22.8 Å². The number of carbonyl (C=O) groups excluding carboxylic acids is 3. The number of hydrogen-bond acceptors (Lipinski definition) is 9. The molecule has 3 aromatic rings. The van der Waals surface area contributed by atoms with Crippen molar-refractivity contribution in [3.63, 3.8) is 0 Å². The minimum absolute atomic E-state index is 0.0201. The van der Waals surface area contributed by atoms with Crippen LogP contribution < -0.4 is 24.8 Å². The second kappa shape index (κ2) is 14.1. The topological polar surface area (TPSA) is 193 Å². The molecule has 6 rings (SSSR count). The van der Waals surface area contributed by atoms with Crippen molar-refractivity contribution in [1.82, 2.24) is 25.2 Å². The number of carbonyl (C=O) groups is 4. The van der Waals surface area contributed by atoms with Crippen molar-refractivity contribution in [3.05, 3.63) is 67.3 Å². The average molecular weight is 860 g/mol. The predicted molar refractivity (Wildman–Crippen MR) is 205 cm³/mol. The summed E-state index contributed by atoms with van der Waals surface area (Å²) < 4.78 is 39.1. The van der Waals surface area contributed by atoms with E-state index in [0.29, 0.717) is 40.9 Å². The summed E-state index contributed by atoms with van der Waals surface area (Å²) in [4.78, 5) is 60.1. The number of ether oxygens (including phenoxy) is 2. The minimum Gasteiger partial charge on any atom is -0.497 e. The zero-order chi connectivity index (χ0) is 38.5. The van der Waals surface area contributed by atoms with E-state index in [1.54, 1.807) is 52.1 Å². The number of halogens is 1. The lowest BCUT2D eigenvalue weighted by Gasteiger charge is -2.35. The first kappa shape index (κ1) is 38.3. The Morgan fingerprint density at radius 1 is 1.11 bits per heavy atom. The molecule has 5 atom stereocenters. The molecule has 1 aromatic heterocycles. The van der Waals surface area contributed by atoms with Crippen LogP contribution >= 0.6 is 22.6 Å². The molecule has 14 nitrogen and oxygen atoms in total. The van der Waals surface area contributed by atoms with E-state index >= 15 is 0 Å². The summed E-state index contributed by atoms with van der Waals surface area (Å²) in [5.74, 6) is -1.78. The molecule has 282 valence electrons. The van der Waals surface area contributed by atoms with Crippen molar-refractivity contribution < 1.29 is 42.2 Å². The zero-order valence-electron chi connectivity index (χ0n) is 29.7. The monoisotopic (exact) mass is 859 g/mol. The van der Waals surface area contributed by atoms with E-state index in [0.717, 1.165) is 5.56 Å². The highest BCUT2D eigenvalue weighted by atomic mass is 127. The van der Waals surface area contributed by atoms with Crippen LogP contribution in [0.2, 0.25) is 0 Å². The Morgan fingerprint density at radius 3 is 2.40 bits per heavy atom. The number of benzene rings is 2. The van der Waals surface area contributed by atoms with Crippen LogP contribution in [0.5, 0.6) is 11.5 Å². The van der Waals surface area contributed by atoms with Crippen LogP contribution in [-0.2, 0) is 24.4 Å². The molecule has 1 aliphatic heterocycles. The number of pyridine rings is 1. The van der Waals surface area contributed by atoms with Crippen LogP contribution in [0.25, 0.3) is 22.2 Å². The van der Waals surface area contributed by atoms with Gasteiger partial charge in [-0.1, -0.05) is 79.8 Å². The van der Waals surface area contributed by atoms with E-state index in [1.165, 1.54) is 11.0 Å². The molecule has 0 bridgehead atoms. The zero-order valence-corrected chi connectivity index (χ0v) is 32.7. The summed E-state index contributed by atoms with van der Waals surface area (Å²) in [6, 6.07) is 14.2. The maximum atomic E-state index is 14.3. The molecule has 2 heterocycles. The van der Waals surface area contributed by atoms with Gasteiger partial charge in [0.15, 0.2) is 0 Å². The van der Waals surface area contributed by atoms with Crippen molar-refractivity contribution in [2.24, 2.45) is 11.3 Å². The lowest BCUT2D eigenvalue weighted by atomic mass is 9.85. The van der Waals surface area contributed by atoms with Crippen LogP contribution in [0, 0.1) is 11.3 Å². The molecule has 53 heavy (non-hydrogen) atoms. The number of rotatable bonds is 12. The third-order valence-corrected chi connectivity index (χ3v) is 14.6. The fourth-order valence-corrected chi connectivity index (χ4v) is 8.51. The SMILES string of the molecule is C=CC1CC1(NC(=O)C1CC(Oc2cc(-c3ccccc3)nc3cc(OC)ccc23)CN1C(=O)C(NC(=O)O)C(C)(C)C)C(=O)NS(=O)(=O)C1(I)CC1. The van der Waals surface area contributed by atoms with E-state index in [4.69, 9.17) is 14.5 Å². The molecule has 2 aromatic carbocycles. The second-order valence-corrected chi connectivity index (χ2v) is 19.6. The fraction of sp³-hybridized carbons (Fsp3) is 0.432. The Bertz CT molecular complexity index is 2090. The Hall–Kier alpha value is -4.45. The number of amides is 4. The van der Waals surface area contributed by atoms with Crippen LogP contribution in [0.15, 0.2) is 67.3 Å². The molecule has 3 aliphatic rings. The Balaban J connectivity index is 1.34. The van der Waals surface area contributed by atoms with Gasteiger partial charge in [0.2, 0.25) is 21.8 Å². The maximum Gasteiger partial charge on any atom is 0.405 e. The third-order valence-electron chi connectivity index (χ3n) is 9.97. The Kier molecular flexibility index (Phi) is 10.2. The van der Waals surface area contributed by atoms with E-state index in [9.17, 15) is 32.7 Å². The predicted octanol–water partition coefficient (Wildman–Crippen LogP) is 4.37. The Labute approximate surface area is 321 Å². The highest BCUT2D eigenvalue weighted by Gasteiger charge is 2.63. The summed E-state index contributed by atoms with van der Waals surface area (Å²) >= 11 is 1.81. The molecule has 16 heteroatoms. The summed E-state index contributed by atoms with van der Waals surface area (Å²) in [6.45, 7) is 8.77. The van der Waals surface area contributed by atoms with Crippen molar-refractivity contribution in [1.29, 1.82) is 0 Å². The number of nitrogens with one attached hydrogen (secondary N) is 3. The van der Waals surface area contributed by atoms with Crippen LogP contribution in [0.3, 0.4) is 0 Å². The number of aromatic nitrogens is 1. The van der Waals surface area contributed by atoms with Crippen molar-refractivity contribution >= 4 is 67.3 Å². The molecule has 0 spiro atoms. The van der Waals surface area contributed by atoms with E-state index in [2.05, 4.69) is 21.9 Å². The maximum absolute atomic E-state index is 14.3. The van der Waals surface area contributed by atoms with Gasteiger partial charge in [0.1, 0.15) is 38.0 Å². The molecule has 3 fully saturated rings. The van der Waals surface area contributed by atoms with Gasteiger partial charge in [0.25, 0.3) is 5.91 Å². The molecule has 0 radical (unpaired) electrons. The lowest BCUT2D eigenvalue weighted by Crippen LogP contribution is -2.60. The molecule has 1 saturated heterocycles. The number of methoxy groups -OCH3 is 1. The number of sulfonamides is 1. The summed E-state index contributed by atoms with van der Waals surface area (Å²) in [5, 5.41) is 15.4. The highest BCUT2D eigenvalue weighted by Crippen LogP contribution is 2.50. The largest absolute Gasteiger partial charge is 0.497 e. The van der Waals surface area contributed by atoms with Gasteiger partial charge >= 0.3 is 6.09 Å². The number of hydrogen-bond donors (Lipinski definition) is 4. The summed E-state index contributed by atoms with van der Waals surface area (Å²) in [5.41, 5.74) is -0.456. The minimum atomic E-state index is -4.03. The van der Waals surface area contributed by atoms with Gasteiger partial charge in [-0.25, -0.2) is 22.9 Å². The van der Waals surface area contributed by atoms with Crippen LogP contribution in [0.1, 0.15) is 46.5 Å². The number of nitrogens with zero attached hydrogens (tertiary/aromatic N) is 2. The van der Waals surface area contributed by atoms with Crippen LogP contribution in [-0.4, -0.2) is 87.4 Å². The molecule has 2 saturated carbocycles. The molecule has 2 aliphatic carbocycles. The number of fused-ring (bicyclic) bond motifs is 1. The molecular weight excluding hydrogens is 817 g/mol. The van der Waals surface area contributed by atoms with Gasteiger partial charge in [-0.15, -0.1) is 6.58 Å². The highest BCUT2D eigenvalue weighted by molar-refractivity contribution is 14.1. The standard InChI is InChI=1S/C37H42IN5O9S/c1-6-22-19-37(22,33(46)42-53(49,50)36(38)14-15-36)41-31(44)28-17-24(20-43(28)32(45)30(35(2,3)4)40-34(47)48)52-29-18-26(21-10-8-7-9-11-21)39-27-16-23(51-5)12-13-25(27)29/h6-13,16,18,22,24,28,30,40H,1,14-15,17,19-20H2,2-5H3,(H,41,44)(H,42,46)(H,47,48). The van der Waals surface area contributed by atoms with Crippen LogP contribution in [0.4, 0.5) is 4.79 Å². The fourth-order valence-electron chi connectivity index (χ4n) is 6.66. The van der Waals surface area contributed by atoms with Crippen molar-refractivity contribution in [2.45, 2.75) is 72.9 Å². The van der Waals surface area contributed by atoms with Gasteiger partial charge in [0, 0.05) is 35.4 Å². The van der Waals surface area contributed by atoms with E-state index < -0.39 is 71.7 Å². The Morgan fingerprint density at radius 2 is 1.81 bits per heavy atom. The van der Waals surface area contributed by atoms with Crippen molar-refractivity contribution in [2.75, 3.05) is 13.7 Å². The first-order valence-corrected chi connectivity index (χ1v) is 19.7. The number of carboxylic acid groups (broad SMARTS) is 1. The molecule has 5 unspecified atom stereocenters. The molecule has 4 N–H and O–H groups in total. The number of alkyl halides is 1. The third kappa shape index (κ3) is 7.65. The van der Waals surface area contributed by atoms with Gasteiger partial charge in [-0.2, -0.15) is 0 Å². The molecular formula is C37H42IN5O9S. The summed E-state index contributed by atoms with van der Waals surface area (Å²) in [6.07, 6.45) is 0.190. The smallest absolute Gasteiger partial charge is 0.405 e. The lowest BCUT2D eigenvalue weighted by molar-refractivity contribution is -0.142. The van der Waals surface area contributed by atoms with Gasteiger partial charge in [-0.05, 0) is 36.8 Å². The quantitative estimate of drug-likeness (QED) is 0.116. The van der Waals surface area contributed by atoms with Gasteiger partial charge in [0.05, 0.1) is 24.9 Å². The van der Waals surface area contributed by atoms with E-state index in [-0.39, 0.29) is 19.4 Å². The van der Waals surface area contributed by atoms with Gasteiger partial charge < -0.3 is 30.1 Å². The summed E-state index contributed by atoms with van der Waals surface area (Å²) in [7, 11) is -2.48. The first-order chi connectivity index (χ1) is 24.9. The first-order valence-electron chi connectivity index (χ1n) is 17.1. The number of likely N-dealkylation sites (tertiary alicyclic amines) is 1. The second-order valence-electron chi connectivity index (χ2n) is 14.8. The van der Waals surface area contributed by atoms with E-state index in [1.807, 2.05) is 52.9 Å². The normalized spacial score (nSPS) is 23.7. The average Bonchev–Trinajstić information content (AvgIpc) is 4.00. The van der Waals surface area contributed by atoms with Gasteiger partial charge in [-0.3, -0.25) is 14.4 Å². The molecule has 4 amide bonds.